The summed E-state index contributed by atoms with van der Waals surface area (Å²) in [6.45, 7) is 0. The van der Waals surface area contributed by atoms with Gasteiger partial charge in [0.1, 0.15) is 0 Å². The van der Waals surface area contributed by atoms with Crippen molar-refractivity contribution in [2.75, 3.05) is 0 Å². The minimum Gasteiger partial charge on any atom is -0.135 e. The Hall–Kier alpha value is -6.06. The largest absolute Gasteiger partial charge is 0.135 e. The fraction of sp³-hybridized carbons (Fsp3) is 0. The van der Waals surface area contributed by atoms with E-state index in [-0.39, 0.29) is 46.5 Å². The standard InChI is InChI=1S/C50H30S2/c1-2-17-35-31(13-1)14-12-24-36(35)32-15-11-16-33(29-32)47-38-19-3-5-21-40(38)48(41-22-6-4-20-39(41)47)49-42-23-8-10-26-45(42)52-50(49)34-27-28-46-43(30-34)37-18-7-9-25-44(37)51-46/h1-30H/i1D,2D,12D,13D,14D,17D,24D. The summed E-state index contributed by atoms with van der Waals surface area (Å²) in [6, 6.07) is 46.2. The highest BCUT2D eigenvalue weighted by Gasteiger charge is 2.23. The lowest BCUT2D eigenvalue weighted by Crippen LogP contribution is -1.92. The summed E-state index contributed by atoms with van der Waals surface area (Å²) in [5.41, 5.74) is 6.12. The summed E-state index contributed by atoms with van der Waals surface area (Å²) in [7, 11) is 0. The van der Waals surface area contributed by atoms with Crippen molar-refractivity contribution in [1.82, 2.24) is 0 Å². The SMILES string of the molecule is [2H]c1c([2H])c([2H])c2c(-c3cccc(-c4c5ccccc5c(-c5c(-c6ccc7sc8ccccc8c7c6)sc6ccccc56)c5ccccc45)c3)c([2H])c([2H])c([2H])c2c1[2H]. The van der Waals surface area contributed by atoms with E-state index in [9.17, 15) is 0 Å². The first-order valence-electron chi connectivity index (χ1n) is 20.7. The van der Waals surface area contributed by atoms with Crippen LogP contribution in [-0.2, 0) is 0 Å². The molecule has 0 aliphatic carbocycles. The van der Waals surface area contributed by atoms with E-state index in [0.717, 1.165) is 38.2 Å². The zero-order valence-corrected chi connectivity index (χ0v) is 29.2. The third kappa shape index (κ3) is 4.52. The topological polar surface area (TPSA) is 0 Å². The van der Waals surface area contributed by atoms with Crippen LogP contribution in [0.15, 0.2) is 182 Å². The smallest absolute Gasteiger partial charge is 0.0629 e. The van der Waals surface area contributed by atoms with Crippen LogP contribution in [0.1, 0.15) is 9.60 Å². The van der Waals surface area contributed by atoms with E-state index >= 15 is 0 Å². The average molecular weight is 702 g/mol. The van der Waals surface area contributed by atoms with Gasteiger partial charge in [0.2, 0.25) is 0 Å². The molecule has 9 aromatic carbocycles. The number of fused-ring (bicyclic) bond motifs is 7. The van der Waals surface area contributed by atoms with E-state index < -0.39 is 12.1 Å². The number of benzene rings is 9. The minimum absolute atomic E-state index is 0.0530. The van der Waals surface area contributed by atoms with E-state index in [2.05, 4.69) is 115 Å². The maximum atomic E-state index is 9.07. The first-order chi connectivity index (χ1) is 28.7. The van der Waals surface area contributed by atoms with Gasteiger partial charge in [0.05, 0.1) is 9.60 Å². The van der Waals surface area contributed by atoms with Gasteiger partial charge >= 0.3 is 0 Å². The summed E-state index contributed by atoms with van der Waals surface area (Å²) < 4.78 is 64.5. The van der Waals surface area contributed by atoms with Gasteiger partial charge in [-0.2, -0.15) is 0 Å². The number of thiophene rings is 2. The fourth-order valence-corrected chi connectivity index (χ4v) is 10.2. The first-order valence-corrected chi connectivity index (χ1v) is 18.8. The second kappa shape index (κ2) is 11.7. The summed E-state index contributed by atoms with van der Waals surface area (Å²) in [5, 5.41) is 8.00. The Bertz CT molecular complexity index is 3540. The van der Waals surface area contributed by atoms with Crippen molar-refractivity contribution in [3.05, 3.63) is 182 Å². The van der Waals surface area contributed by atoms with Gasteiger partial charge in [-0.25, -0.2) is 0 Å². The zero-order chi connectivity index (χ0) is 40.3. The van der Waals surface area contributed by atoms with Gasteiger partial charge in [0.15, 0.2) is 0 Å². The number of rotatable bonds is 4. The summed E-state index contributed by atoms with van der Waals surface area (Å²) in [6.07, 6.45) is 0. The molecule has 0 saturated heterocycles. The second-order valence-corrected chi connectivity index (χ2v) is 15.2. The predicted octanol–water partition coefficient (Wildman–Crippen LogP) is 15.4. The average Bonchev–Trinajstić information content (AvgIpc) is 3.84. The van der Waals surface area contributed by atoms with Crippen molar-refractivity contribution >= 4 is 85.2 Å². The van der Waals surface area contributed by atoms with Crippen LogP contribution < -0.4 is 0 Å². The van der Waals surface area contributed by atoms with Gasteiger partial charge < -0.3 is 0 Å². The Kier molecular flexibility index (Phi) is 5.29. The van der Waals surface area contributed by atoms with Crippen LogP contribution in [0.3, 0.4) is 0 Å². The van der Waals surface area contributed by atoms with Gasteiger partial charge in [-0.1, -0.05) is 151 Å². The lowest BCUT2D eigenvalue weighted by atomic mass is 9.84. The van der Waals surface area contributed by atoms with Crippen molar-refractivity contribution in [3.8, 4) is 43.8 Å². The molecule has 0 unspecified atom stereocenters. The lowest BCUT2D eigenvalue weighted by Gasteiger charge is -2.19. The third-order valence-corrected chi connectivity index (χ3v) is 12.5. The van der Waals surface area contributed by atoms with Gasteiger partial charge in [-0.05, 0) is 96.0 Å². The highest BCUT2D eigenvalue weighted by Crippen LogP contribution is 2.52. The fourth-order valence-electron chi connectivity index (χ4n) is 7.93. The third-order valence-electron chi connectivity index (χ3n) is 10.2. The number of hydrogen-bond acceptors (Lipinski definition) is 2. The van der Waals surface area contributed by atoms with E-state index in [1.165, 1.54) is 46.3 Å². The molecule has 11 rings (SSSR count). The molecule has 0 aliphatic heterocycles. The monoisotopic (exact) mass is 701 g/mol. The molecule has 242 valence electrons. The van der Waals surface area contributed by atoms with Crippen molar-refractivity contribution < 1.29 is 9.60 Å². The Labute approximate surface area is 319 Å². The van der Waals surface area contributed by atoms with Gasteiger partial charge in [-0.3, -0.25) is 0 Å². The Morgan fingerprint density at radius 2 is 0.942 bits per heavy atom. The van der Waals surface area contributed by atoms with Crippen LogP contribution in [0, 0.1) is 0 Å². The van der Waals surface area contributed by atoms with Crippen LogP contribution in [0.25, 0.3) is 106 Å². The molecule has 11 aromatic rings. The molecular weight excluding hydrogens is 665 g/mol. The van der Waals surface area contributed by atoms with E-state index in [1.54, 1.807) is 0 Å². The Morgan fingerprint density at radius 1 is 0.346 bits per heavy atom. The van der Waals surface area contributed by atoms with Crippen molar-refractivity contribution in [1.29, 1.82) is 0 Å². The number of hydrogen-bond donors (Lipinski definition) is 0. The molecule has 0 N–H and O–H groups in total. The molecule has 0 radical (unpaired) electrons. The van der Waals surface area contributed by atoms with Crippen LogP contribution in [0.2, 0.25) is 0 Å². The molecule has 0 spiro atoms. The van der Waals surface area contributed by atoms with Gasteiger partial charge in [0.25, 0.3) is 0 Å². The van der Waals surface area contributed by atoms with Crippen LogP contribution in [-0.4, -0.2) is 0 Å². The molecule has 0 aliphatic rings. The minimum atomic E-state index is -0.465. The Balaban J connectivity index is 1.20. The van der Waals surface area contributed by atoms with Crippen LogP contribution in [0.5, 0.6) is 0 Å². The van der Waals surface area contributed by atoms with Crippen molar-refractivity contribution in [2.24, 2.45) is 0 Å². The predicted molar refractivity (Wildman–Crippen MR) is 229 cm³/mol. The van der Waals surface area contributed by atoms with Crippen molar-refractivity contribution in [2.45, 2.75) is 0 Å². The highest BCUT2D eigenvalue weighted by atomic mass is 32.1. The maximum Gasteiger partial charge on any atom is 0.0629 e. The molecule has 0 bridgehead atoms. The molecule has 52 heavy (non-hydrogen) atoms. The van der Waals surface area contributed by atoms with Gasteiger partial charge in [0, 0.05) is 40.7 Å². The molecule has 2 heterocycles. The maximum absolute atomic E-state index is 9.07. The van der Waals surface area contributed by atoms with Crippen LogP contribution >= 0.6 is 22.7 Å². The lowest BCUT2D eigenvalue weighted by molar-refractivity contribution is 1.63. The molecule has 2 heteroatoms. The van der Waals surface area contributed by atoms with Crippen LogP contribution in [0.4, 0.5) is 0 Å². The van der Waals surface area contributed by atoms with E-state index in [1.807, 2.05) is 46.9 Å². The summed E-state index contributed by atoms with van der Waals surface area (Å²) in [4.78, 5) is 1.21. The zero-order valence-electron chi connectivity index (χ0n) is 34.6. The molecule has 2 aromatic heterocycles. The normalized spacial score (nSPS) is 13.7. The summed E-state index contributed by atoms with van der Waals surface area (Å²) in [5.74, 6) is 0. The molecule has 0 fully saturated rings. The molecule has 0 amide bonds. The van der Waals surface area contributed by atoms with E-state index in [0.29, 0.717) is 5.56 Å². The Morgan fingerprint density at radius 3 is 1.71 bits per heavy atom. The van der Waals surface area contributed by atoms with Crippen molar-refractivity contribution in [3.63, 3.8) is 0 Å². The summed E-state index contributed by atoms with van der Waals surface area (Å²) >= 11 is 3.64. The first kappa shape index (κ1) is 23.4. The molecule has 0 saturated carbocycles. The molecular formula is C50H30S2. The van der Waals surface area contributed by atoms with E-state index in [4.69, 9.17) is 9.60 Å². The molecule has 0 nitrogen and oxygen atoms in total. The molecule has 0 atom stereocenters. The highest BCUT2D eigenvalue weighted by molar-refractivity contribution is 7.26. The second-order valence-electron chi connectivity index (χ2n) is 13.0. The van der Waals surface area contributed by atoms with Gasteiger partial charge in [-0.15, -0.1) is 22.7 Å². The quantitative estimate of drug-likeness (QED) is 0.160.